The number of carboxylic acids is 1. The van der Waals surface area contributed by atoms with E-state index in [1.54, 1.807) is 29.1 Å². The molecule has 0 aliphatic rings. The molecule has 0 aliphatic carbocycles. The van der Waals surface area contributed by atoms with Crippen LogP contribution < -0.4 is 0 Å². The third-order valence-electron chi connectivity index (χ3n) is 2.83. The van der Waals surface area contributed by atoms with Gasteiger partial charge in [0.2, 0.25) is 0 Å². The summed E-state index contributed by atoms with van der Waals surface area (Å²) in [6.45, 7) is 0. The van der Waals surface area contributed by atoms with Crippen molar-refractivity contribution in [3.8, 4) is 10.6 Å². The van der Waals surface area contributed by atoms with E-state index in [9.17, 15) is 4.79 Å². The summed E-state index contributed by atoms with van der Waals surface area (Å²) in [5.74, 6) is -1.02. The molecule has 3 rings (SSSR count). The number of carbonyl (C=O) groups is 1. The summed E-state index contributed by atoms with van der Waals surface area (Å²) in [4.78, 5) is 11.9. The minimum absolute atomic E-state index is 0.0491. The topological polar surface area (TPSA) is 55.1 Å². The molecule has 2 heterocycles. The zero-order valence-electron chi connectivity index (χ0n) is 9.92. The maximum atomic E-state index is 10.9. The molecule has 0 fully saturated rings. The van der Waals surface area contributed by atoms with Crippen molar-refractivity contribution in [2.24, 2.45) is 7.05 Å². The Balaban J connectivity index is 2.16. The van der Waals surface area contributed by atoms with Crippen LogP contribution in [-0.2, 0) is 7.05 Å². The molecular weight excluding hydrogens is 284 g/mol. The minimum Gasteiger partial charge on any atom is -0.476 e. The fraction of sp³-hybridized carbons (Fsp3) is 0.0769. The van der Waals surface area contributed by atoms with Crippen molar-refractivity contribution in [2.75, 3.05) is 0 Å². The molecule has 0 aliphatic heterocycles. The van der Waals surface area contributed by atoms with Crippen LogP contribution in [0.2, 0.25) is 5.02 Å². The Labute approximate surface area is 117 Å². The van der Waals surface area contributed by atoms with Crippen molar-refractivity contribution in [1.29, 1.82) is 0 Å². The van der Waals surface area contributed by atoms with Crippen molar-refractivity contribution in [3.63, 3.8) is 0 Å². The average Bonchev–Trinajstić information content (AvgIpc) is 2.91. The molecule has 19 heavy (non-hydrogen) atoms. The van der Waals surface area contributed by atoms with Gasteiger partial charge >= 0.3 is 5.97 Å². The molecule has 1 aromatic carbocycles. The second-order valence-electron chi connectivity index (χ2n) is 4.14. The van der Waals surface area contributed by atoms with Crippen molar-refractivity contribution < 1.29 is 9.90 Å². The van der Waals surface area contributed by atoms with Crippen molar-refractivity contribution in [1.82, 2.24) is 9.78 Å². The molecule has 3 aromatic rings. The molecule has 1 N–H and O–H groups in total. The number of hydrogen-bond donors (Lipinski definition) is 1. The first-order valence-electron chi connectivity index (χ1n) is 5.51. The van der Waals surface area contributed by atoms with Crippen LogP contribution in [0.3, 0.4) is 0 Å². The molecule has 0 bridgehead atoms. The van der Waals surface area contributed by atoms with Gasteiger partial charge < -0.3 is 5.11 Å². The van der Waals surface area contributed by atoms with E-state index < -0.39 is 5.97 Å². The quantitative estimate of drug-likeness (QED) is 0.784. The highest BCUT2D eigenvalue weighted by molar-refractivity contribution is 7.22. The first-order valence-corrected chi connectivity index (χ1v) is 6.71. The van der Waals surface area contributed by atoms with E-state index >= 15 is 0 Å². The van der Waals surface area contributed by atoms with Crippen LogP contribution in [0, 0.1) is 0 Å². The number of rotatable bonds is 2. The highest BCUT2D eigenvalue weighted by atomic mass is 35.5. The van der Waals surface area contributed by atoms with Gasteiger partial charge in [0.1, 0.15) is 0 Å². The normalized spacial score (nSPS) is 11.1. The van der Waals surface area contributed by atoms with Gasteiger partial charge in [-0.3, -0.25) is 4.68 Å². The Morgan fingerprint density at radius 3 is 2.84 bits per heavy atom. The van der Waals surface area contributed by atoms with E-state index in [0.29, 0.717) is 5.02 Å². The Bertz CT molecular complexity index is 791. The number of carboxylic acid groups (broad SMARTS) is 1. The predicted molar refractivity (Wildman–Crippen MR) is 76.0 cm³/mol. The molecule has 2 aromatic heterocycles. The summed E-state index contributed by atoms with van der Waals surface area (Å²) in [6.07, 6.45) is 0. The fourth-order valence-corrected chi connectivity index (χ4v) is 3.21. The lowest BCUT2D eigenvalue weighted by Crippen LogP contribution is -1.99. The van der Waals surface area contributed by atoms with E-state index in [1.807, 2.05) is 24.3 Å². The highest BCUT2D eigenvalue weighted by Gasteiger charge is 2.14. The van der Waals surface area contributed by atoms with E-state index in [2.05, 4.69) is 5.10 Å². The number of aromatic nitrogens is 2. The van der Waals surface area contributed by atoms with Crippen LogP contribution in [0.5, 0.6) is 0 Å². The fourth-order valence-electron chi connectivity index (χ4n) is 1.94. The summed E-state index contributed by atoms with van der Waals surface area (Å²) in [6, 6.07) is 9.27. The van der Waals surface area contributed by atoms with Crippen LogP contribution in [0.15, 0.2) is 30.3 Å². The van der Waals surface area contributed by atoms with Gasteiger partial charge in [0.05, 0.1) is 10.6 Å². The van der Waals surface area contributed by atoms with Gasteiger partial charge in [-0.1, -0.05) is 11.6 Å². The molecular formula is C13H9ClN2O2S. The molecule has 0 radical (unpaired) electrons. The number of aryl methyl sites for hydroxylation is 1. The van der Waals surface area contributed by atoms with Crippen LogP contribution in [0.1, 0.15) is 10.5 Å². The second kappa shape index (κ2) is 4.36. The largest absolute Gasteiger partial charge is 0.476 e. The van der Waals surface area contributed by atoms with Crippen LogP contribution in [0.4, 0.5) is 0 Å². The standard InChI is InChI=1S/C13H9ClN2O2S/c1-16-10(6-9(15-16)13(17)18)12-5-7-4-8(14)2-3-11(7)19-12/h2-6H,1H3,(H,17,18). The summed E-state index contributed by atoms with van der Waals surface area (Å²) < 4.78 is 2.69. The van der Waals surface area contributed by atoms with Crippen molar-refractivity contribution in [3.05, 3.63) is 41.0 Å². The first-order chi connectivity index (χ1) is 9.04. The Morgan fingerprint density at radius 1 is 1.37 bits per heavy atom. The van der Waals surface area contributed by atoms with Gasteiger partial charge in [-0.2, -0.15) is 5.10 Å². The molecule has 96 valence electrons. The Kier molecular flexibility index (Phi) is 2.80. The second-order valence-corrected chi connectivity index (χ2v) is 5.66. The molecule has 0 unspecified atom stereocenters. The van der Waals surface area contributed by atoms with Gasteiger partial charge in [0, 0.05) is 16.8 Å². The SMILES string of the molecule is Cn1nc(C(=O)O)cc1-c1cc2cc(Cl)ccc2s1. The van der Waals surface area contributed by atoms with E-state index in [-0.39, 0.29) is 5.69 Å². The first kappa shape index (κ1) is 12.2. The summed E-state index contributed by atoms with van der Waals surface area (Å²) in [7, 11) is 1.74. The molecule has 0 amide bonds. The number of aromatic carboxylic acids is 1. The van der Waals surface area contributed by atoms with Crippen LogP contribution in [0.25, 0.3) is 20.7 Å². The molecule has 0 spiro atoms. The molecule has 0 saturated heterocycles. The number of thiophene rings is 1. The monoisotopic (exact) mass is 292 g/mol. The molecule has 0 saturated carbocycles. The van der Waals surface area contributed by atoms with Gasteiger partial charge in [-0.05, 0) is 35.7 Å². The predicted octanol–water partition coefficient (Wildman–Crippen LogP) is 3.65. The summed E-state index contributed by atoms with van der Waals surface area (Å²) in [5.41, 5.74) is 0.836. The Hall–Kier alpha value is -1.85. The maximum absolute atomic E-state index is 10.9. The molecule has 4 nitrogen and oxygen atoms in total. The van der Waals surface area contributed by atoms with Crippen molar-refractivity contribution in [2.45, 2.75) is 0 Å². The smallest absolute Gasteiger partial charge is 0.356 e. The van der Waals surface area contributed by atoms with E-state index in [4.69, 9.17) is 16.7 Å². The van der Waals surface area contributed by atoms with E-state index in [1.165, 1.54) is 0 Å². The lowest BCUT2D eigenvalue weighted by atomic mass is 10.2. The molecule has 0 atom stereocenters. The van der Waals surface area contributed by atoms with Gasteiger partial charge in [0.25, 0.3) is 0 Å². The highest BCUT2D eigenvalue weighted by Crippen LogP contribution is 2.34. The zero-order valence-corrected chi connectivity index (χ0v) is 11.5. The van der Waals surface area contributed by atoms with Gasteiger partial charge in [-0.15, -0.1) is 11.3 Å². The van der Waals surface area contributed by atoms with Gasteiger partial charge in [0.15, 0.2) is 5.69 Å². The van der Waals surface area contributed by atoms with Gasteiger partial charge in [-0.25, -0.2) is 4.79 Å². The lowest BCUT2D eigenvalue weighted by Gasteiger charge is -1.95. The molecule has 6 heteroatoms. The van der Waals surface area contributed by atoms with E-state index in [0.717, 1.165) is 20.7 Å². The Morgan fingerprint density at radius 2 is 2.16 bits per heavy atom. The third-order valence-corrected chi connectivity index (χ3v) is 4.20. The number of hydrogen-bond acceptors (Lipinski definition) is 3. The number of nitrogens with zero attached hydrogens (tertiary/aromatic N) is 2. The summed E-state index contributed by atoms with van der Waals surface area (Å²) >= 11 is 7.55. The third kappa shape index (κ3) is 2.11. The number of fused-ring (bicyclic) bond motifs is 1. The summed E-state index contributed by atoms with van der Waals surface area (Å²) in [5, 5.41) is 14.7. The number of halogens is 1. The maximum Gasteiger partial charge on any atom is 0.356 e. The minimum atomic E-state index is -1.02. The lowest BCUT2D eigenvalue weighted by molar-refractivity contribution is 0.0689. The average molecular weight is 293 g/mol. The van der Waals surface area contributed by atoms with Crippen molar-refractivity contribution >= 4 is 39.0 Å². The number of benzene rings is 1. The zero-order chi connectivity index (χ0) is 13.6. The van der Waals surface area contributed by atoms with Crippen LogP contribution >= 0.6 is 22.9 Å². The van der Waals surface area contributed by atoms with Crippen LogP contribution in [-0.4, -0.2) is 20.9 Å².